The third-order valence-electron chi connectivity index (χ3n) is 2.26. The second-order valence-corrected chi connectivity index (χ2v) is 3.71. The van der Waals surface area contributed by atoms with Crippen LogP contribution in [0.25, 0.3) is 0 Å². The van der Waals surface area contributed by atoms with Crippen molar-refractivity contribution in [3.05, 3.63) is 5.82 Å². The van der Waals surface area contributed by atoms with Crippen LogP contribution < -0.4 is 16.8 Å². The van der Waals surface area contributed by atoms with E-state index in [1.807, 2.05) is 0 Å². The van der Waals surface area contributed by atoms with Gasteiger partial charge in [-0.15, -0.1) is 10.2 Å². The van der Waals surface area contributed by atoms with E-state index in [0.717, 1.165) is 12.8 Å². The van der Waals surface area contributed by atoms with E-state index in [1.54, 1.807) is 7.11 Å². The zero-order chi connectivity index (χ0) is 13.2. The van der Waals surface area contributed by atoms with Crippen LogP contribution in [0.2, 0.25) is 0 Å². The fourth-order valence-electron chi connectivity index (χ4n) is 1.30. The van der Waals surface area contributed by atoms with Gasteiger partial charge in [0.05, 0.1) is 12.6 Å². The molecule has 0 aliphatic carbocycles. The topological polar surface area (TPSA) is 140 Å². The van der Waals surface area contributed by atoms with E-state index in [9.17, 15) is 0 Å². The van der Waals surface area contributed by atoms with Crippen molar-refractivity contribution in [3.63, 3.8) is 0 Å². The number of tetrazole rings is 1. The van der Waals surface area contributed by atoms with E-state index in [-0.39, 0.29) is 6.04 Å². The number of aromatic nitrogens is 4. The average Bonchev–Trinajstić information content (AvgIpc) is 2.88. The summed E-state index contributed by atoms with van der Waals surface area (Å²) in [5.41, 5.74) is 11.5. The predicted molar refractivity (Wildman–Crippen MR) is 66.7 cm³/mol. The molecule has 9 nitrogen and oxygen atoms in total. The van der Waals surface area contributed by atoms with Crippen LogP contribution in [0.1, 0.15) is 24.7 Å². The van der Waals surface area contributed by atoms with Gasteiger partial charge in [0.1, 0.15) is 0 Å². The van der Waals surface area contributed by atoms with Crippen LogP contribution in [0, 0.1) is 0 Å². The Labute approximate surface area is 105 Å². The third kappa shape index (κ3) is 5.55. The Morgan fingerprint density at radius 2 is 2.44 bits per heavy atom. The van der Waals surface area contributed by atoms with E-state index in [0.29, 0.717) is 31.5 Å². The summed E-state index contributed by atoms with van der Waals surface area (Å²) in [5.74, 6) is 0.936. The predicted octanol–water partition coefficient (Wildman–Crippen LogP) is -1.47. The molecule has 1 aromatic heterocycles. The van der Waals surface area contributed by atoms with Gasteiger partial charge in [0.2, 0.25) is 0 Å². The van der Waals surface area contributed by atoms with Crippen molar-refractivity contribution >= 4 is 5.96 Å². The molecule has 1 heterocycles. The first kappa shape index (κ1) is 14.3. The van der Waals surface area contributed by atoms with Crippen LogP contribution in [0.4, 0.5) is 0 Å². The zero-order valence-corrected chi connectivity index (χ0v) is 10.5. The summed E-state index contributed by atoms with van der Waals surface area (Å²) in [6.07, 6.45) is 1.54. The molecule has 0 spiro atoms. The van der Waals surface area contributed by atoms with Crippen LogP contribution in [-0.4, -0.2) is 53.4 Å². The number of H-pyrrole nitrogens is 1. The van der Waals surface area contributed by atoms with Crippen molar-refractivity contribution < 1.29 is 4.74 Å². The highest BCUT2D eigenvalue weighted by molar-refractivity contribution is 5.77. The van der Waals surface area contributed by atoms with Crippen LogP contribution in [0.5, 0.6) is 0 Å². The lowest BCUT2D eigenvalue weighted by Gasteiger charge is -2.06. The number of aromatic amines is 1. The van der Waals surface area contributed by atoms with E-state index in [1.165, 1.54) is 0 Å². The summed E-state index contributed by atoms with van der Waals surface area (Å²) < 4.78 is 4.88. The Balaban J connectivity index is 2.12. The molecule has 1 atom stereocenters. The SMILES string of the molecule is COCCNC(N)=NCCC[C@H](N)c1nn[nH]n1. The Morgan fingerprint density at radius 1 is 1.61 bits per heavy atom. The molecule has 0 aliphatic heterocycles. The van der Waals surface area contributed by atoms with Gasteiger partial charge < -0.3 is 21.5 Å². The first-order valence-electron chi connectivity index (χ1n) is 5.75. The molecular formula is C9H20N8O. The Kier molecular flexibility index (Phi) is 6.66. The van der Waals surface area contributed by atoms with Gasteiger partial charge in [-0.25, -0.2) is 0 Å². The summed E-state index contributed by atoms with van der Waals surface area (Å²) in [7, 11) is 1.63. The number of guanidine groups is 1. The number of hydrogen-bond donors (Lipinski definition) is 4. The number of rotatable bonds is 8. The van der Waals surface area contributed by atoms with Gasteiger partial charge in [0, 0.05) is 20.2 Å². The average molecular weight is 256 g/mol. The lowest BCUT2D eigenvalue weighted by atomic mass is 10.1. The zero-order valence-electron chi connectivity index (χ0n) is 10.5. The van der Waals surface area contributed by atoms with Gasteiger partial charge in [-0.2, -0.15) is 5.21 Å². The largest absolute Gasteiger partial charge is 0.383 e. The normalized spacial score (nSPS) is 13.6. The van der Waals surface area contributed by atoms with Gasteiger partial charge in [-0.1, -0.05) is 5.21 Å². The molecule has 0 aliphatic rings. The maximum Gasteiger partial charge on any atom is 0.191 e. The van der Waals surface area contributed by atoms with Crippen LogP contribution >= 0.6 is 0 Å². The molecule has 0 radical (unpaired) electrons. The third-order valence-corrected chi connectivity index (χ3v) is 2.26. The highest BCUT2D eigenvalue weighted by atomic mass is 16.5. The lowest BCUT2D eigenvalue weighted by molar-refractivity contribution is 0.204. The maximum atomic E-state index is 5.86. The maximum absolute atomic E-state index is 5.86. The highest BCUT2D eigenvalue weighted by Gasteiger charge is 2.09. The van der Waals surface area contributed by atoms with Gasteiger partial charge >= 0.3 is 0 Å². The van der Waals surface area contributed by atoms with Crippen LogP contribution in [0.3, 0.4) is 0 Å². The van der Waals surface area contributed by atoms with E-state index in [2.05, 4.69) is 30.9 Å². The van der Waals surface area contributed by atoms with Crippen molar-refractivity contribution in [1.29, 1.82) is 0 Å². The molecule has 0 bridgehead atoms. The molecule has 18 heavy (non-hydrogen) atoms. The summed E-state index contributed by atoms with van der Waals surface area (Å²) in [6, 6.07) is -0.221. The molecule has 0 fully saturated rings. The summed E-state index contributed by atoms with van der Waals surface area (Å²) in [4.78, 5) is 4.16. The molecule has 0 saturated carbocycles. The fourth-order valence-corrected chi connectivity index (χ4v) is 1.30. The number of nitrogens with two attached hydrogens (primary N) is 2. The number of nitrogens with zero attached hydrogens (tertiary/aromatic N) is 4. The molecule has 0 aromatic carbocycles. The number of methoxy groups -OCH3 is 1. The molecule has 0 amide bonds. The molecule has 0 unspecified atom stereocenters. The van der Waals surface area contributed by atoms with Gasteiger partial charge in [0.25, 0.3) is 0 Å². The minimum atomic E-state index is -0.221. The smallest absolute Gasteiger partial charge is 0.191 e. The Morgan fingerprint density at radius 3 is 3.11 bits per heavy atom. The van der Waals surface area contributed by atoms with Crippen LogP contribution in [0.15, 0.2) is 4.99 Å². The van der Waals surface area contributed by atoms with Crippen molar-refractivity contribution in [2.45, 2.75) is 18.9 Å². The molecule has 1 aromatic rings. The van der Waals surface area contributed by atoms with Crippen LogP contribution in [-0.2, 0) is 4.74 Å². The van der Waals surface area contributed by atoms with E-state index >= 15 is 0 Å². The second-order valence-electron chi connectivity index (χ2n) is 3.71. The fraction of sp³-hybridized carbons (Fsp3) is 0.778. The minimum absolute atomic E-state index is 0.221. The Hall–Kier alpha value is -1.74. The first-order valence-corrected chi connectivity index (χ1v) is 5.75. The molecule has 0 saturated heterocycles. The quantitative estimate of drug-likeness (QED) is 0.253. The highest BCUT2D eigenvalue weighted by Crippen LogP contribution is 2.08. The minimum Gasteiger partial charge on any atom is -0.383 e. The molecule has 102 valence electrons. The molecule has 6 N–H and O–H groups in total. The van der Waals surface area contributed by atoms with Gasteiger partial charge in [-0.05, 0) is 12.8 Å². The second kappa shape index (κ2) is 8.37. The first-order chi connectivity index (χ1) is 8.74. The number of aliphatic imine (C=N–C) groups is 1. The monoisotopic (exact) mass is 256 g/mol. The van der Waals surface area contributed by atoms with Crippen molar-refractivity contribution in [3.8, 4) is 0 Å². The summed E-state index contributed by atoms with van der Waals surface area (Å²) in [5, 5.41) is 16.4. The molecule has 1 rings (SSSR count). The molecular weight excluding hydrogens is 236 g/mol. The standard InChI is InChI=1S/C9H20N8O/c1-18-6-5-13-9(11)12-4-2-3-7(10)8-14-16-17-15-8/h7H,2-6,10H2,1H3,(H3,11,12,13)(H,14,15,16,17)/t7-/m0/s1. The van der Waals surface area contributed by atoms with Crippen molar-refractivity contribution in [1.82, 2.24) is 25.9 Å². The van der Waals surface area contributed by atoms with E-state index in [4.69, 9.17) is 16.2 Å². The number of ether oxygens (including phenoxy) is 1. The van der Waals surface area contributed by atoms with E-state index < -0.39 is 0 Å². The van der Waals surface area contributed by atoms with Gasteiger partial charge in [-0.3, -0.25) is 4.99 Å². The molecule has 9 heteroatoms. The van der Waals surface area contributed by atoms with Crippen molar-refractivity contribution in [2.75, 3.05) is 26.8 Å². The summed E-state index contributed by atoms with van der Waals surface area (Å²) >= 11 is 0. The van der Waals surface area contributed by atoms with Gasteiger partial charge in [0.15, 0.2) is 11.8 Å². The lowest BCUT2D eigenvalue weighted by Crippen LogP contribution is -2.34. The Bertz CT molecular complexity index is 338. The van der Waals surface area contributed by atoms with Crippen molar-refractivity contribution in [2.24, 2.45) is 16.5 Å². The summed E-state index contributed by atoms with van der Waals surface area (Å²) in [6.45, 7) is 1.85. The number of nitrogens with one attached hydrogen (secondary N) is 2. The number of hydrogen-bond acceptors (Lipinski definition) is 6.